The molecule has 0 saturated carbocycles. The number of guanidine groups is 1. The second-order valence-corrected chi connectivity index (χ2v) is 7.83. The van der Waals surface area contributed by atoms with Crippen LogP contribution in [-0.2, 0) is 17.8 Å². The number of likely N-dealkylation sites (tertiary alicyclic amines) is 1. The van der Waals surface area contributed by atoms with Crippen LogP contribution in [0.2, 0.25) is 0 Å². The topological polar surface area (TPSA) is 47.9 Å². The number of nitrogens with one attached hydrogen (secondary N) is 1. The summed E-state index contributed by atoms with van der Waals surface area (Å²) in [7, 11) is 1.82. The van der Waals surface area contributed by atoms with Crippen LogP contribution in [0.15, 0.2) is 16.4 Å². The van der Waals surface area contributed by atoms with Gasteiger partial charge in [-0.05, 0) is 42.2 Å². The van der Waals surface area contributed by atoms with Crippen LogP contribution < -0.4 is 5.32 Å². The minimum Gasteiger partial charge on any atom is -0.356 e. The van der Waals surface area contributed by atoms with E-state index in [4.69, 9.17) is 0 Å². The summed E-state index contributed by atoms with van der Waals surface area (Å²) in [6, 6.07) is 2.15. The van der Waals surface area contributed by atoms with Gasteiger partial charge in [0.2, 0.25) is 5.91 Å². The summed E-state index contributed by atoms with van der Waals surface area (Å²) in [4.78, 5) is 22.6. The molecule has 2 aliphatic heterocycles. The second kappa shape index (κ2) is 9.75. The van der Waals surface area contributed by atoms with E-state index in [1.165, 1.54) is 23.3 Å². The number of halogens is 1. The van der Waals surface area contributed by atoms with Crippen LogP contribution in [0.1, 0.15) is 36.6 Å². The molecule has 5 nitrogen and oxygen atoms in total. The summed E-state index contributed by atoms with van der Waals surface area (Å²) < 4.78 is 0. The van der Waals surface area contributed by atoms with Crippen LogP contribution in [-0.4, -0.2) is 54.9 Å². The Morgan fingerprint density at radius 1 is 1.32 bits per heavy atom. The number of aliphatic imine (C=N–C) groups is 1. The molecule has 1 saturated heterocycles. The van der Waals surface area contributed by atoms with Crippen molar-refractivity contribution in [1.29, 1.82) is 0 Å². The van der Waals surface area contributed by atoms with Crippen LogP contribution >= 0.6 is 35.3 Å². The normalized spacial score (nSPS) is 18.6. The molecule has 1 aromatic rings. The third-order valence-electron chi connectivity index (χ3n) is 5.08. The lowest BCUT2D eigenvalue weighted by Crippen LogP contribution is -2.46. The molecule has 140 valence electrons. The van der Waals surface area contributed by atoms with Crippen LogP contribution in [0.3, 0.4) is 0 Å². The fraction of sp³-hybridized carbons (Fsp3) is 0.667. The molecule has 7 heteroatoms. The third kappa shape index (κ3) is 5.32. The smallest absolute Gasteiger partial charge is 0.224 e. The van der Waals surface area contributed by atoms with Gasteiger partial charge in [-0.25, -0.2) is 0 Å². The van der Waals surface area contributed by atoms with Crippen LogP contribution in [0.25, 0.3) is 0 Å². The lowest BCUT2D eigenvalue weighted by atomic mass is 10.00. The van der Waals surface area contributed by atoms with E-state index in [1.807, 2.05) is 23.3 Å². The molecule has 2 aliphatic rings. The number of thiophene rings is 1. The van der Waals surface area contributed by atoms with Crippen molar-refractivity contribution in [2.24, 2.45) is 10.9 Å². The van der Waals surface area contributed by atoms with Crippen molar-refractivity contribution in [3.63, 3.8) is 0 Å². The van der Waals surface area contributed by atoms with E-state index in [-0.39, 0.29) is 29.9 Å². The Bertz CT molecular complexity index is 596. The maximum Gasteiger partial charge on any atom is 0.224 e. The van der Waals surface area contributed by atoms with Crippen molar-refractivity contribution >= 4 is 47.2 Å². The van der Waals surface area contributed by atoms with Crippen molar-refractivity contribution < 1.29 is 4.79 Å². The van der Waals surface area contributed by atoms with Crippen LogP contribution in [0.5, 0.6) is 0 Å². The number of hydrogen-bond donors (Lipinski definition) is 1. The zero-order chi connectivity index (χ0) is 16.9. The van der Waals surface area contributed by atoms with Crippen LogP contribution in [0.4, 0.5) is 0 Å². The Morgan fingerprint density at radius 2 is 2.08 bits per heavy atom. The molecule has 1 N–H and O–H groups in total. The number of piperidine rings is 1. The molecule has 0 aliphatic carbocycles. The maximum atomic E-state index is 12.5. The van der Waals surface area contributed by atoms with Crippen molar-refractivity contribution in [2.75, 3.05) is 33.2 Å². The van der Waals surface area contributed by atoms with Gasteiger partial charge in [0.05, 0.1) is 0 Å². The molecular formula is C18H29IN4OS. The molecule has 0 bridgehead atoms. The SMILES string of the molecule is CN=C(NCCC(=O)N1CCc2sccc2C1)N1CCC(C)CC1.I. The van der Waals surface area contributed by atoms with E-state index in [9.17, 15) is 4.79 Å². The average molecular weight is 476 g/mol. The summed E-state index contributed by atoms with van der Waals surface area (Å²) in [5.74, 6) is 1.98. The molecule has 0 atom stereocenters. The third-order valence-corrected chi connectivity index (χ3v) is 6.10. The Balaban J connectivity index is 0.00000225. The molecule has 1 aromatic heterocycles. The van der Waals surface area contributed by atoms with Gasteiger partial charge in [-0.2, -0.15) is 0 Å². The van der Waals surface area contributed by atoms with Crippen molar-refractivity contribution in [3.05, 3.63) is 21.9 Å². The molecule has 3 heterocycles. The van der Waals surface area contributed by atoms with Crippen LogP contribution in [0, 0.1) is 5.92 Å². The van der Waals surface area contributed by atoms with Gasteiger partial charge in [-0.3, -0.25) is 9.79 Å². The fourth-order valence-electron chi connectivity index (χ4n) is 3.45. The molecule has 1 amide bonds. The van der Waals surface area contributed by atoms with E-state index >= 15 is 0 Å². The predicted molar refractivity (Wildman–Crippen MR) is 115 cm³/mol. The number of carbonyl (C=O) groups is 1. The minimum absolute atomic E-state index is 0. The molecule has 0 unspecified atom stereocenters. The summed E-state index contributed by atoms with van der Waals surface area (Å²) in [5.41, 5.74) is 1.32. The zero-order valence-corrected chi connectivity index (χ0v) is 18.3. The van der Waals surface area contributed by atoms with E-state index in [0.29, 0.717) is 13.0 Å². The number of hydrogen-bond acceptors (Lipinski definition) is 3. The molecule has 0 radical (unpaired) electrons. The Hall–Kier alpha value is -0.830. The van der Waals surface area contributed by atoms with E-state index in [2.05, 4.69) is 33.6 Å². The highest BCUT2D eigenvalue weighted by Crippen LogP contribution is 2.24. The molecular weight excluding hydrogens is 447 g/mol. The van der Waals surface area contributed by atoms with Gasteiger partial charge < -0.3 is 15.1 Å². The quantitative estimate of drug-likeness (QED) is 0.415. The summed E-state index contributed by atoms with van der Waals surface area (Å²) in [6.07, 6.45) is 3.97. The van der Waals surface area contributed by atoms with Gasteiger partial charge in [0.1, 0.15) is 0 Å². The maximum absolute atomic E-state index is 12.5. The first kappa shape index (κ1) is 20.5. The number of rotatable bonds is 3. The number of fused-ring (bicyclic) bond motifs is 1. The first-order valence-corrected chi connectivity index (χ1v) is 9.84. The Labute approximate surface area is 171 Å². The highest BCUT2D eigenvalue weighted by molar-refractivity contribution is 14.0. The molecule has 3 rings (SSSR count). The minimum atomic E-state index is 0. The monoisotopic (exact) mass is 476 g/mol. The van der Waals surface area contributed by atoms with E-state index in [1.54, 1.807) is 0 Å². The van der Waals surface area contributed by atoms with Gasteiger partial charge in [0, 0.05) is 51.1 Å². The van der Waals surface area contributed by atoms with Gasteiger partial charge in [-0.1, -0.05) is 6.92 Å². The van der Waals surface area contributed by atoms with E-state index in [0.717, 1.165) is 44.5 Å². The Kier molecular flexibility index (Phi) is 7.99. The van der Waals surface area contributed by atoms with Gasteiger partial charge in [0.15, 0.2) is 5.96 Å². The number of amides is 1. The first-order chi connectivity index (χ1) is 11.7. The van der Waals surface area contributed by atoms with Gasteiger partial charge in [-0.15, -0.1) is 35.3 Å². The molecule has 25 heavy (non-hydrogen) atoms. The molecule has 0 aromatic carbocycles. The summed E-state index contributed by atoms with van der Waals surface area (Å²) in [5, 5.41) is 5.50. The van der Waals surface area contributed by atoms with Crippen molar-refractivity contribution in [1.82, 2.24) is 15.1 Å². The molecule has 0 spiro atoms. The highest BCUT2D eigenvalue weighted by atomic mass is 127. The lowest BCUT2D eigenvalue weighted by Gasteiger charge is -2.33. The standard InChI is InChI=1S/C18H28N4OS.HI/c1-14-4-9-21(10-5-14)18(19-2)20-8-3-17(23)22-11-6-16-15(13-22)7-12-24-16;/h7,12,14H,3-6,8-11,13H2,1-2H3,(H,19,20);1H. The summed E-state index contributed by atoms with van der Waals surface area (Å²) in [6.45, 7) is 6.71. The highest BCUT2D eigenvalue weighted by Gasteiger charge is 2.22. The predicted octanol–water partition coefficient (Wildman–Crippen LogP) is 2.95. The average Bonchev–Trinajstić information content (AvgIpc) is 3.07. The van der Waals surface area contributed by atoms with Gasteiger partial charge in [0.25, 0.3) is 0 Å². The largest absolute Gasteiger partial charge is 0.356 e. The first-order valence-electron chi connectivity index (χ1n) is 8.96. The van der Waals surface area contributed by atoms with Crippen molar-refractivity contribution in [3.8, 4) is 0 Å². The molecule has 1 fully saturated rings. The second-order valence-electron chi connectivity index (χ2n) is 6.83. The van der Waals surface area contributed by atoms with E-state index < -0.39 is 0 Å². The van der Waals surface area contributed by atoms with Crippen molar-refractivity contribution in [2.45, 2.75) is 39.2 Å². The lowest BCUT2D eigenvalue weighted by molar-refractivity contribution is -0.131. The number of carbonyl (C=O) groups excluding carboxylic acids is 1. The number of nitrogens with zero attached hydrogens (tertiary/aromatic N) is 3. The summed E-state index contributed by atoms with van der Waals surface area (Å²) >= 11 is 1.81. The fourth-order valence-corrected chi connectivity index (χ4v) is 4.34. The Morgan fingerprint density at radius 3 is 2.80 bits per heavy atom. The zero-order valence-electron chi connectivity index (χ0n) is 15.2. The van der Waals surface area contributed by atoms with Gasteiger partial charge >= 0.3 is 0 Å².